The molecular formula is C30H45NO. The van der Waals surface area contributed by atoms with E-state index < -0.39 is 0 Å². The Hall–Kier alpha value is -1.64. The van der Waals surface area contributed by atoms with Crippen molar-refractivity contribution < 1.29 is 5.11 Å². The Morgan fingerprint density at radius 1 is 0.969 bits per heavy atom. The number of rotatable bonds is 11. The lowest BCUT2D eigenvalue weighted by atomic mass is 9.70. The van der Waals surface area contributed by atoms with Gasteiger partial charge in [-0.1, -0.05) is 81.8 Å². The standard InChI is InChI=1S/C30H45NO/c1-5-6-20-31-24(4)22(2)12-13-25-14-19-29(21-23(25)3)30(32)28-17-15-27(16-18-28)26-10-8-7-9-11-26/h7-11,15-18,22-25,29-32H,5-6,12-14,19-21H2,1-4H3/t22?,23-,24?,25?,29+,30?/m0/s1. The molecule has 0 heterocycles. The van der Waals surface area contributed by atoms with Crippen LogP contribution in [0.3, 0.4) is 0 Å². The van der Waals surface area contributed by atoms with E-state index in [9.17, 15) is 5.11 Å². The second kappa shape index (κ2) is 12.6. The summed E-state index contributed by atoms with van der Waals surface area (Å²) in [6, 6.07) is 19.6. The van der Waals surface area contributed by atoms with Crippen LogP contribution in [-0.2, 0) is 0 Å². The van der Waals surface area contributed by atoms with E-state index in [2.05, 4.69) is 81.5 Å². The summed E-state index contributed by atoms with van der Waals surface area (Å²) in [7, 11) is 0. The molecule has 0 radical (unpaired) electrons. The van der Waals surface area contributed by atoms with Crippen LogP contribution in [0.2, 0.25) is 0 Å². The Bertz CT molecular complexity index is 771. The van der Waals surface area contributed by atoms with E-state index >= 15 is 0 Å². The van der Waals surface area contributed by atoms with Crippen molar-refractivity contribution in [1.82, 2.24) is 5.32 Å². The van der Waals surface area contributed by atoms with Gasteiger partial charge in [0.1, 0.15) is 0 Å². The maximum atomic E-state index is 11.1. The molecule has 0 aliphatic heterocycles. The first-order chi connectivity index (χ1) is 15.5. The Morgan fingerprint density at radius 2 is 1.66 bits per heavy atom. The predicted molar refractivity (Wildman–Crippen MR) is 138 cm³/mol. The summed E-state index contributed by atoms with van der Waals surface area (Å²) in [4.78, 5) is 0. The largest absolute Gasteiger partial charge is 0.388 e. The first-order valence-corrected chi connectivity index (χ1v) is 13.1. The van der Waals surface area contributed by atoms with Crippen molar-refractivity contribution in [2.75, 3.05) is 6.54 Å². The third kappa shape index (κ3) is 6.93. The normalized spacial score (nSPS) is 24.1. The Labute approximate surface area is 196 Å². The highest BCUT2D eigenvalue weighted by molar-refractivity contribution is 5.63. The van der Waals surface area contributed by atoms with Crippen molar-refractivity contribution in [2.45, 2.75) is 84.8 Å². The second-order valence-electron chi connectivity index (χ2n) is 10.4. The molecule has 0 spiro atoms. The maximum Gasteiger partial charge on any atom is 0.0818 e. The summed E-state index contributed by atoms with van der Waals surface area (Å²) in [5.74, 6) is 2.62. The van der Waals surface area contributed by atoms with E-state index in [-0.39, 0.29) is 6.10 Å². The van der Waals surface area contributed by atoms with Crippen LogP contribution >= 0.6 is 0 Å². The van der Waals surface area contributed by atoms with Crippen LogP contribution < -0.4 is 5.32 Å². The van der Waals surface area contributed by atoms with Crippen LogP contribution in [0, 0.1) is 23.7 Å². The quantitative estimate of drug-likeness (QED) is 0.356. The van der Waals surface area contributed by atoms with Gasteiger partial charge >= 0.3 is 0 Å². The van der Waals surface area contributed by atoms with Crippen molar-refractivity contribution in [3.8, 4) is 11.1 Å². The summed E-state index contributed by atoms with van der Waals surface area (Å²) in [5, 5.41) is 14.8. The highest BCUT2D eigenvalue weighted by Crippen LogP contribution is 2.42. The zero-order valence-electron chi connectivity index (χ0n) is 20.8. The molecule has 1 aliphatic rings. The molecule has 6 atom stereocenters. The monoisotopic (exact) mass is 435 g/mol. The topological polar surface area (TPSA) is 32.3 Å². The Kier molecular flexibility index (Phi) is 9.81. The smallest absolute Gasteiger partial charge is 0.0818 e. The highest BCUT2D eigenvalue weighted by atomic mass is 16.3. The van der Waals surface area contributed by atoms with Crippen LogP contribution in [0.1, 0.15) is 84.3 Å². The van der Waals surface area contributed by atoms with Gasteiger partial charge in [-0.25, -0.2) is 0 Å². The van der Waals surface area contributed by atoms with Crippen LogP contribution in [-0.4, -0.2) is 17.7 Å². The lowest BCUT2D eigenvalue weighted by Crippen LogP contribution is -2.33. The zero-order chi connectivity index (χ0) is 22.9. The number of aliphatic hydroxyl groups excluding tert-OH is 1. The van der Waals surface area contributed by atoms with Gasteiger partial charge in [-0.3, -0.25) is 0 Å². The van der Waals surface area contributed by atoms with Crippen molar-refractivity contribution >= 4 is 0 Å². The van der Waals surface area contributed by atoms with Gasteiger partial charge in [-0.05, 0) is 92.4 Å². The number of hydrogen-bond donors (Lipinski definition) is 2. The summed E-state index contributed by atoms with van der Waals surface area (Å²) >= 11 is 0. The molecule has 2 aromatic rings. The molecule has 32 heavy (non-hydrogen) atoms. The summed E-state index contributed by atoms with van der Waals surface area (Å²) in [6.45, 7) is 10.6. The fourth-order valence-corrected chi connectivity index (χ4v) is 5.43. The molecule has 176 valence electrons. The SMILES string of the molecule is CCCCNC(C)C(C)CCC1CC[C@@H](C(O)c2ccc(-c3ccccc3)cc2)C[C@@H]1C. The summed E-state index contributed by atoms with van der Waals surface area (Å²) in [5.41, 5.74) is 3.51. The molecule has 0 bridgehead atoms. The molecule has 2 N–H and O–H groups in total. The van der Waals surface area contributed by atoms with Crippen LogP contribution in [0.15, 0.2) is 54.6 Å². The molecule has 2 aromatic carbocycles. The predicted octanol–water partition coefficient (Wildman–Crippen LogP) is 7.63. The molecule has 2 nitrogen and oxygen atoms in total. The molecule has 0 saturated heterocycles. The lowest BCUT2D eigenvalue weighted by Gasteiger charge is -2.37. The average Bonchev–Trinajstić information content (AvgIpc) is 2.83. The molecular weight excluding hydrogens is 390 g/mol. The number of benzene rings is 2. The molecule has 4 unspecified atom stereocenters. The summed E-state index contributed by atoms with van der Waals surface area (Å²) < 4.78 is 0. The lowest BCUT2D eigenvalue weighted by molar-refractivity contribution is 0.0493. The molecule has 1 aliphatic carbocycles. The first kappa shape index (κ1) is 25.0. The van der Waals surface area contributed by atoms with Crippen molar-refractivity contribution in [1.29, 1.82) is 0 Å². The minimum absolute atomic E-state index is 0.343. The molecule has 0 aromatic heterocycles. The van der Waals surface area contributed by atoms with Gasteiger partial charge in [0.25, 0.3) is 0 Å². The van der Waals surface area contributed by atoms with Crippen LogP contribution in [0.5, 0.6) is 0 Å². The van der Waals surface area contributed by atoms with Gasteiger partial charge in [0.15, 0.2) is 0 Å². The van der Waals surface area contributed by atoms with E-state index in [0.29, 0.717) is 17.9 Å². The third-order valence-electron chi connectivity index (χ3n) is 8.04. The van der Waals surface area contributed by atoms with Crippen molar-refractivity contribution in [2.24, 2.45) is 23.7 Å². The number of aliphatic hydroxyl groups is 1. The minimum atomic E-state index is -0.343. The number of unbranched alkanes of at least 4 members (excludes halogenated alkanes) is 1. The Balaban J connectivity index is 1.47. The van der Waals surface area contributed by atoms with Crippen molar-refractivity contribution in [3.05, 3.63) is 60.2 Å². The Morgan fingerprint density at radius 3 is 2.31 bits per heavy atom. The van der Waals surface area contributed by atoms with E-state index in [0.717, 1.165) is 36.8 Å². The molecule has 3 rings (SSSR count). The maximum absolute atomic E-state index is 11.1. The van der Waals surface area contributed by atoms with E-state index in [4.69, 9.17) is 0 Å². The summed E-state index contributed by atoms with van der Waals surface area (Å²) in [6.07, 6.45) is 8.38. The van der Waals surface area contributed by atoms with Gasteiger partial charge < -0.3 is 10.4 Å². The first-order valence-electron chi connectivity index (χ1n) is 13.1. The van der Waals surface area contributed by atoms with Gasteiger partial charge in [-0.15, -0.1) is 0 Å². The van der Waals surface area contributed by atoms with E-state index in [1.54, 1.807) is 0 Å². The van der Waals surface area contributed by atoms with Gasteiger partial charge in [-0.2, -0.15) is 0 Å². The molecule has 1 fully saturated rings. The number of hydrogen-bond acceptors (Lipinski definition) is 2. The zero-order valence-corrected chi connectivity index (χ0v) is 20.8. The minimum Gasteiger partial charge on any atom is -0.388 e. The van der Waals surface area contributed by atoms with Gasteiger partial charge in [0.2, 0.25) is 0 Å². The number of nitrogens with one attached hydrogen (secondary N) is 1. The second-order valence-corrected chi connectivity index (χ2v) is 10.4. The average molecular weight is 436 g/mol. The third-order valence-corrected chi connectivity index (χ3v) is 8.04. The van der Waals surface area contributed by atoms with E-state index in [1.165, 1.54) is 43.2 Å². The fourth-order valence-electron chi connectivity index (χ4n) is 5.43. The van der Waals surface area contributed by atoms with Gasteiger partial charge in [0.05, 0.1) is 6.10 Å². The molecule has 1 saturated carbocycles. The molecule has 2 heteroatoms. The van der Waals surface area contributed by atoms with Crippen LogP contribution in [0.25, 0.3) is 11.1 Å². The van der Waals surface area contributed by atoms with Gasteiger partial charge in [0, 0.05) is 6.04 Å². The van der Waals surface area contributed by atoms with Crippen molar-refractivity contribution in [3.63, 3.8) is 0 Å². The molecule has 0 amide bonds. The highest BCUT2D eigenvalue weighted by Gasteiger charge is 2.32. The fraction of sp³-hybridized carbons (Fsp3) is 0.600. The van der Waals surface area contributed by atoms with E-state index in [1.807, 2.05) is 6.07 Å². The van der Waals surface area contributed by atoms with Crippen LogP contribution in [0.4, 0.5) is 0 Å².